The first-order chi connectivity index (χ1) is 10.2. The van der Waals surface area contributed by atoms with Gasteiger partial charge in [-0.1, -0.05) is 49.8 Å². The maximum absolute atomic E-state index is 10.2. The van der Waals surface area contributed by atoms with Crippen LogP contribution in [0.25, 0.3) is 0 Å². The second kappa shape index (κ2) is 19.3. The number of unbranched alkanes of at least 4 members (excludes halogenated alkanes) is 2. The van der Waals surface area contributed by atoms with E-state index in [-0.39, 0.29) is 57.8 Å². The summed E-state index contributed by atoms with van der Waals surface area (Å²) in [4.78, 5) is 10.2. The van der Waals surface area contributed by atoms with Crippen molar-refractivity contribution in [1.29, 1.82) is 0 Å². The summed E-state index contributed by atoms with van der Waals surface area (Å²) in [5.41, 5.74) is 0. The summed E-state index contributed by atoms with van der Waals surface area (Å²) < 4.78 is 0. The molecule has 22 heavy (non-hydrogen) atoms. The molecule has 1 N–H and O–H groups in total. The molecule has 1 unspecified atom stereocenters. The van der Waals surface area contributed by atoms with Gasteiger partial charge in [0, 0.05) is 5.97 Å². The van der Waals surface area contributed by atoms with Crippen LogP contribution in [0, 0.1) is 0 Å². The van der Waals surface area contributed by atoms with E-state index in [1.807, 2.05) is 0 Å². The molecular formula is C18H29KO3. The molecule has 120 valence electrons. The number of carboxylic acid groups (broad SMARTS) is 1. The van der Waals surface area contributed by atoms with Crippen molar-refractivity contribution in [2.45, 2.75) is 70.8 Å². The molecular weight excluding hydrogens is 303 g/mol. The average molecular weight is 333 g/mol. The van der Waals surface area contributed by atoms with E-state index in [9.17, 15) is 15.0 Å². The van der Waals surface area contributed by atoms with Crippen molar-refractivity contribution in [2.75, 3.05) is 0 Å². The predicted molar refractivity (Wildman–Crippen MR) is 85.7 cm³/mol. The minimum absolute atomic E-state index is 0. The van der Waals surface area contributed by atoms with Gasteiger partial charge in [-0.15, -0.1) is 0 Å². The summed E-state index contributed by atoms with van der Waals surface area (Å²) in [6.07, 6.45) is 19.4. The van der Waals surface area contributed by atoms with Crippen LogP contribution in [-0.4, -0.2) is 17.2 Å². The van der Waals surface area contributed by atoms with E-state index in [0.717, 1.165) is 38.5 Å². The minimum Gasteiger partial charge on any atom is -0.550 e. The Morgan fingerprint density at radius 2 is 1.59 bits per heavy atom. The van der Waals surface area contributed by atoms with Crippen molar-refractivity contribution in [3.8, 4) is 0 Å². The van der Waals surface area contributed by atoms with Crippen LogP contribution in [0.1, 0.15) is 64.7 Å². The van der Waals surface area contributed by atoms with Crippen molar-refractivity contribution < 1.29 is 66.4 Å². The smallest absolute Gasteiger partial charge is 0.550 e. The number of aliphatic hydroxyl groups is 1. The number of aliphatic carboxylic acids is 1. The monoisotopic (exact) mass is 332 g/mol. The van der Waals surface area contributed by atoms with Gasteiger partial charge in [-0.2, -0.15) is 0 Å². The number of hydrogen-bond acceptors (Lipinski definition) is 3. The summed E-state index contributed by atoms with van der Waals surface area (Å²) in [5, 5.41) is 19.8. The molecule has 0 aliphatic heterocycles. The van der Waals surface area contributed by atoms with E-state index in [4.69, 9.17) is 0 Å². The molecule has 0 saturated heterocycles. The number of rotatable bonds is 13. The number of carboxylic acids is 1. The normalized spacial score (nSPS) is 13.0. The molecule has 0 saturated carbocycles. The first-order valence-corrected chi connectivity index (χ1v) is 7.99. The van der Waals surface area contributed by atoms with E-state index in [2.05, 4.69) is 43.4 Å². The fourth-order valence-corrected chi connectivity index (χ4v) is 1.90. The fourth-order valence-electron chi connectivity index (χ4n) is 1.90. The van der Waals surface area contributed by atoms with Gasteiger partial charge in [-0.05, 0) is 51.4 Å². The maximum atomic E-state index is 10.2. The predicted octanol–water partition coefficient (Wildman–Crippen LogP) is 0.301. The SMILES string of the molecule is CC/C=C\C/C=C\C/C=C\CCCCC(O)CCC(=O)[O-].[K+]. The van der Waals surface area contributed by atoms with Gasteiger partial charge in [-0.3, -0.25) is 0 Å². The van der Waals surface area contributed by atoms with E-state index in [1.54, 1.807) is 0 Å². The van der Waals surface area contributed by atoms with Crippen LogP contribution in [-0.2, 0) is 4.79 Å². The average Bonchev–Trinajstić information content (AvgIpc) is 2.46. The van der Waals surface area contributed by atoms with E-state index >= 15 is 0 Å². The summed E-state index contributed by atoms with van der Waals surface area (Å²) in [6, 6.07) is 0. The van der Waals surface area contributed by atoms with Gasteiger partial charge in [0.2, 0.25) is 0 Å². The van der Waals surface area contributed by atoms with Gasteiger partial charge in [0.1, 0.15) is 0 Å². The topological polar surface area (TPSA) is 60.4 Å². The van der Waals surface area contributed by atoms with Gasteiger partial charge < -0.3 is 15.0 Å². The third-order valence-corrected chi connectivity index (χ3v) is 3.12. The molecule has 3 nitrogen and oxygen atoms in total. The first-order valence-electron chi connectivity index (χ1n) is 7.99. The van der Waals surface area contributed by atoms with Crippen molar-refractivity contribution in [1.82, 2.24) is 0 Å². The van der Waals surface area contributed by atoms with Crippen molar-refractivity contribution in [3.63, 3.8) is 0 Å². The molecule has 0 aliphatic rings. The third kappa shape index (κ3) is 20.3. The van der Waals surface area contributed by atoms with Crippen molar-refractivity contribution >= 4 is 5.97 Å². The Morgan fingerprint density at radius 3 is 2.18 bits per heavy atom. The van der Waals surface area contributed by atoms with Gasteiger partial charge >= 0.3 is 51.4 Å². The summed E-state index contributed by atoms with van der Waals surface area (Å²) in [6.45, 7) is 2.13. The van der Waals surface area contributed by atoms with Crippen molar-refractivity contribution in [3.05, 3.63) is 36.5 Å². The molecule has 0 radical (unpaired) electrons. The zero-order valence-electron chi connectivity index (χ0n) is 14.2. The Kier molecular flexibility index (Phi) is 21.6. The Labute approximate surface area is 178 Å². The molecule has 0 spiro atoms. The molecule has 0 aromatic carbocycles. The zero-order chi connectivity index (χ0) is 15.8. The standard InChI is InChI=1S/C18H30O3.K/c1-2-3-4-5-6-7-8-9-10-11-12-13-14-17(19)15-16-18(20)21;/h3-4,6-7,9-10,17,19H,2,5,8,11-16H2,1H3,(H,20,21);/q;+1/p-1/b4-3-,7-6-,10-9-;. The molecule has 0 aromatic rings. The fraction of sp³-hybridized carbons (Fsp3) is 0.611. The maximum Gasteiger partial charge on any atom is 1.00 e. The minimum atomic E-state index is -1.09. The number of aliphatic hydroxyl groups excluding tert-OH is 1. The number of allylic oxidation sites excluding steroid dienone is 6. The van der Waals surface area contributed by atoms with Gasteiger partial charge in [-0.25, -0.2) is 0 Å². The molecule has 0 rings (SSSR count). The van der Waals surface area contributed by atoms with Crippen LogP contribution in [0.2, 0.25) is 0 Å². The molecule has 0 amide bonds. The van der Waals surface area contributed by atoms with Crippen molar-refractivity contribution in [2.24, 2.45) is 0 Å². The number of carbonyl (C=O) groups is 1. The van der Waals surface area contributed by atoms with E-state index in [1.165, 1.54) is 0 Å². The third-order valence-electron chi connectivity index (χ3n) is 3.12. The molecule has 0 aromatic heterocycles. The van der Waals surface area contributed by atoms with E-state index < -0.39 is 12.1 Å². The van der Waals surface area contributed by atoms with Crippen LogP contribution in [0.4, 0.5) is 0 Å². The van der Waals surface area contributed by atoms with Crippen LogP contribution in [0.3, 0.4) is 0 Å². The van der Waals surface area contributed by atoms with Gasteiger partial charge in [0.15, 0.2) is 0 Å². The number of hydrogen-bond donors (Lipinski definition) is 1. The van der Waals surface area contributed by atoms with Crippen LogP contribution in [0.5, 0.6) is 0 Å². The van der Waals surface area contributed by atoms with Gasteiger partial charge in [0.05, 0.1) is 6.10 Å². The molecule has 0 heterocycles. The van der Waals surface area contributed by atoms with E-state index in [0.29, 0.717) is 12.8 Å². The molecule has 0 fully saturated rings. The zero-order valence-corrected chi connectivity index (χ0v) is 17.3. The summed E-state index contributed by atoms with van der Waals surface area (Å²) in [5.74, 6) is -1.09. The molecule has 1 atom stereocenters. The Morgan fingerprint density at radius 1 is 1.00 bits per heavy atom. The van der Waals surface area contributed by atoms with Crippen LogP contribution < -0.4 is 56.5 Å². The largest absolute Gasteiger partial charge is 1.00 e. The first kappa shape index (κ1) is 24.5. The summed E-state index contributed by atoms with van der Waals surface area (Å²) in [7, 11) is 0. The van der Waals surface area contributed by atoms with Crippen LogP contribution >= 0.6 is 0 Å². The second-order valence-electron chi connectivity index (χ2n) is 5.14. The summed E-state index contributed by atoms with van der Waals surface area (Å²) >= 11 is 0. The quantitative estimate of drug-likeness (QED) is 0.300. The molecule has 0 bridgehead atoms. The number of carbonyl (C=O) groups excluding carboxylic acids is 1. The Bertz CT molecular complexity index is 335. The second-order valence-corrected chi connectivity index (χ2v) is 5.14. The Hall–Kier alpha value is 0.286. The Balaban J connectivity index is 0. The molecule has 0 aliphatic carbocycles. The molecule has 4 heteroatoms. The van der Waals surface area contributed by atoms with Crippen LogP contribution in [0.15, 0.2) is 36.5 Å². The van der Waals surface area contributed by atoms with Gasteiger partial charge in [0.25, 0.3) is 0 Å².